The highest BCUT2D eigenvalue weighted by Crippen LogP contribution is 2.29. The summed E-state index contributed by atoms with van der Waals surface area (Å²) in [6.45, 7) is 3.83. The van der Waals surface area contributed by atoms with E-state index in [-0.39, 0.29) is 18.3 Å². The lowest BCUT2D eigenvalue weighted by molar-refractivity contribution is 0.265. The first-order valence-corrected chi connectivity index (χ1v) is 12.7. The highest BCUT2D eigenvalue weighted by molar-refractivity contribution is 5.61. The molecule has 1 aliphatic rings. The molecule has 0 amide bonds. The first-order chi connectivity index (χ1) is 19.4. The number of fused-ring (bicyclic) bond motifs is 1. The second kappa shape index (κ2) is 10.8. The summed E-state index contributed by atoms with van der Waals surface area (Å²) in [4.78, 5) is 17.0. The number of piperazine rings is 1. The normalized spacial score (nSPS) is 14.2. The number of aromatic nitrogens is 7. The molecule has 1 saturated heterocycles. The van der Waals surface area contributed by atoms with Crippen molar-refractivity contribution in [2.75, 3.05) is 55.2 Å². The smallest absolute Gasteiger partial charge is 0.228 e. The molecule has 15 heteroatoms. The van der Waals surface area contributed by atoms with Gasteiger partial charge in [-0.3, -0.25) is 9.58 Å². The van der Waals surface area contributed by atoms with Crippen LogP contribution in [0.3, 0.4) is 0 Å². The molecule has 1 fully saturated rings. The monoisotopic (exact) mass is 551 g/mol. The maximum absolute atomic E-state index is 14.7. The van der Waals surface area contributed by atoms with Crippen LogP contribution in [0.15, 0.2) is 47.3 Å². The van der Waals surface area contributed by atoms with Crippen molar-refractivity contribution in [3.05, 3.63) is 60.4 Å². The van der Waals surface area contributed by atoms with Crippen molar-refractivity contribution in [1.82, 2.24) is 39.2 Å². The molecule has 6 rings (SSSR count). The lowest BCUT2D eigenvalue weighted by Crippen LogP contribution is -2.48. The van der Waals surface area contributed by atoms with Gasteiger partial charge in [0.15, 0.2) is 28.8 Å². The van der Waals surface area contributed by atoms with Crippen LogP contribution in [0.4, 0.5) is 26.4 Å². The SMILES string of the molecule is Cn1cnc(COc2cc(N3CCN(CCNc4nc(N)n5nc(-c6ccco6)cc5n4)CC3)c(F)cc2F)n1. The van der Waals surface area contributed by atoms with Crippen LogP contribution in [0.5, 0.6) is 5.75 Å². The van der Waals surface area contributed by atoms with Gasteiger partial charge in [-0.1, -0.05) is 0 Å². The van der Waals surface area contributed by atoms with Crippen LogP contribution in [-0.4, -0.2) is 78.5 Å². The number of rotatable bonds is 9. The Morgan fingerprint density at radius 3 is 2.67 bits per heavy atom. The third-order valence-corrected chi connectivity index (χ3v) is 6.55. The van der Waals surface area contributed by atoms with Gasteiger partial charge < -0.3 is 25.1 Å². The second-order valence-corrected chi connectivity index (χ2v) is 9.29. The van der Waals surface area contributed by atoms with Crippen LogP contribution in [-0.2, 0) is 13.7 Å². The summed E-state index contributed by atoms with van der Waals surface area (Å²) in [6.07, 6.45) is 3.10. The van der Waals surface area contributed by atoms with Crippen molar-refractivity contribution in [3.8, 4) is 17.2 Å². The minimum absolute atomic E-state index is 0.0158. The fourth-order valence-electron chi connectivity index (χ4n) is 4.53. The van der Waals surface area contributed by atoms with E-state index in [0.717, 1.165) is 12.6 Å². The molecule has 0 aliphatic carbocycles. The van der Waals surface area contributed by atoms with Crippen molar-refractivity contribution in [3.63, 3.8) is 0 Å². The number of hydrogen-bond donors (Lipinski definition) is 2. The molecule has 5 heterocycles. The van der Waals surface area contributed by atoms with Gasteiger partial charge in [0.05, 0.1) is 12.0 Å². The Kier molecular flexibility index (Phi) is 6.86. The molecule has 0 radical (unpaired) electrons. The van der Waals surface area contributed by atoms with Gasteiger partial charge in [0.1, 0.15) is 24.4 Å². The number of furan rings is 1. The van der Waals surface area contributed by atoms with Gasteiger partial charge in [-0.15, -0.1) is 0 Å². The van der Waals surface area contributed by atoms with Gasteiger partial charge in [-0.25, -0.2) is 13.8 Å². The highest BCUT2D eigenvalue weighted by Gasteiger charge is 2.22. The van der Waals surface area contributed by atoms with Gasteiger partial charge in [0, 0.05) is 64.5 Å². The lowest BCUT2D eigenvalue weighted by atomic mass is 10.2. The number of nitrogen functional groups attached to an aromatic ring is 1. The van der Waals surface area contributed by atoms with Gasteiger partial charge >= 0.3 is 0 Å². The number of nitrogens with zero attached hydrogens (tertiary/aromatic N) is 9. The van der Waals surface area contributed by atoms with E-state index in [1.54, 1.807) is 25.4 Å². The average molecular weight is 552 g/mol. The zero-order valence-corrected chi connectivity index (χ0v) is 21.7. The predicted octanol–water partition coefficient (Wildman–Crippen LogP) is 2.19. The molecule has 1 aliphatic heterocycles. The van der Waals surface area contributed by atoms with Gasteiger partial charge in [0.2, 0.25) is 11.9 Å². The largest absolute Gasteiger partial charge is 0.482 e. The molecule has 0 spiro atoms. The van der Waals surface area contributed by atoms with Crippen LogP contribution >= 0.6 is 0 Å². The summed E-state index contributed by atoms with van der Waals surface area (Å²) in [7, 11) is 1.73. The standard InChI is InChI=1S/C25H27F2N11O2/c1-35-15-30-22(34-35)14-40-21-13-19(16(26)11-17(21)27)37-8-6-36(7-9-37)5-4-29-25-31-23-12-18(20-3-2-10-39-20)33-38(23)24(28)32-25/h2-3,10-13,15H,4-9,14H2,1H3,(H3,28,29,31,32). The van der Waals surface area contributed by atoms with Crippen molar-refractivity contribution < 1.29 is 17.9 Å². The van der Waals surface area contributed by atoms with E-state index in [1.165, 1.54) is 21.6 Å². The van der Waals surface area contributed by atoms with Gasteiger partial charge in [0.25, 0.3) is 0 Å². The zero-order valence-electron chi connectivity index (χ0n) is 21.7. The third kappa shape index (κ3) is 5.36. The molecule has 3 N–H and O–H groups in total. The Labute approximate surface area is 227 Å². The maximum atomic E-state index is 14.7. The van der Waals surface area contributed by atoms with Crippen LogP contribution in [0.25, 0.3) is 17.1 Å². The molecule has 208 valence electrons. The van der Waals surface area contributed by atoms with E-state index < -0.39 is 11.6 Å². The van der Waals surface area contributed by atoms with E-state index in [4.69, 9.17) is 14.9 Å². The summed E-state index contributed by atoms with van der Waals surface area (Å²) in [5.41, 5.74) is 7.55. The maximum Gasteiger partial charge on any atom is 0.228 e. The molecular formula is C25H27F2N11O2. The van der Waals surface area contributed by atoms with E-state index in [0.29, 0.717) is 67.3 Å². The highest BCUT2D eigenvalue weighted by atomic mass is 19.1. The minimum Gasteiger partial charge on any atom is -0.482 e. The number of ether oxygens (including phenoxy) is 1. The first-order valence-electron chi connectivity index (χ1n) is 12.7. The van der Waals surface area contributed by atoms with E-state index in [1.807, 2.05) is 11.0 Å². The summed E-state index contributed by atoms with van der Waals surface area (Å²) in [6, 6.07) is 7.63. The number of anilines is 3. The topological polar surface area (TPSA) is 141 Å². The average Bonchev–Trinajstić information content (AvgIpc) is 3.70. The molecule has 0 atom stereocenters. The van der Waals surface area contributed by atoms with Crippen LogP contribution in [0.2, 0.25) is 0 Å². The number of aryl methyl sites for hydroxylation is 1. The second-order valence-electron chi connectivity index (χ2n) is 9.29. The quantitative estimate of drug-likeness (QED) is 0.278. The van der Waals surface area contributed by atoms with Crippen molar-refractivity contribution in [1.29, 1.82) is 0 Å². The lowest BCUT2D eigenvalue weighted by Gasteiger charge is -2.36. The molecule has 0 unspecified atom stereocenters. The van der Waals surface area contributed by atoms with Crippen LogP contribution < -0.4 is 20.7 Å². The van der Waals surface area contributed by atoms with Crippen molar-refractivity contribution in [2.45, 2.75) is 6.61 Å². The summed E-state index contributed by atoms with van der Waals surface area (Å²) in [5.74, 6) is 0.195. The number of benzene rings is 1. The number of hydrogen-bond acceptors (Lipinski definition) is 11. The summed E-state index contributed by atoms with van der Waals surface area (Å²) < 4.78 is 42.9. The molecule has 13 nitrogen and oxygen atoms in total. The fraction of sp³-hybridized carbons (Fsp3) is 0.320. The Morgan fingerprint density at radius 1 is 1.07 bits per heavy atom. The van der Waals surface area contributed by atoms with Crippen LogP contribution in [0, 0.1) is 11.6 Å². The Hall–Kier alpha value is -4.79. The zero-order chi connectivity index (χ0) is 27.6. The Bertz CT molecular complexity index is 1610. The Balaban J connectivity index is 1.02. The predicted molar refractivity (Wildman–Crippen MR) is 142 cm³/mol. The number of halogens is 2. The molecular weight excluding hydrogens is 524 g/mol. The number of nitrogens with two attached hydrogens (primary N) is 1. The molecule has 40 heavy (non-hydrogen) atoms. The van der Waals surface area contributed by atoms with Crippen molar-refractivity contribution in [2.24, 2.45) is 7.05 Å². The summed E-state index contributed by atoms with van der Waals surface area (Å²) in [5, 5.41) is 11.7. The third-order valence-electron chi connectivity index (χ3n) is 6.55. The van der Waals surface area contributed by atoms with Crippen LogP contribution in [0.1, 0.15) is 5.82 Å². The fourth-order valence-corrected chi connectivity index (χ4v) is 4.53. The first kappa shape index (κ1) is 25.5. The molecule has 4 aromatic heterocycles. The summed E-state index contributed by atoms with van der Waals surface area (Å²) >= 11 is 0. The van der Waals surface area contributed by atoms with Gasteiger partial charge in [-0.2, -0.15) is 24.7 Å². The van der Waals surface area contributed by atoms with E-state index in [9.17, 15) is 8.78 Å². The molecule has 0 saturated carbocycles. The number of nitrogens with one attached hydrogen (secondary N) is 1. The van der Waals surface area contributed by atoms with Crippen molar-refractivity contribution >= 4 is 23.2 Å². The molecule has 1 aromatic carbocycles. The Morgan fingerprint density at radius 2 is 1.93 bits per heavy atom. The van der Waals surface area contributed by atoms with E-state index in [2.05, 4.69) is 35.4 Å². The van der Waals surface area contributed by atoms with E-state index >= 15 is 0 Å². The molecule has 5 aromatic rings. The van der Waals surface area contributed by atoms with Gasteiger partial charge in [-0.05, 0) is 12.1 Å². The molecule has 0 bridgehead atoms. The minimum atomic E-state index is -0.768.